The number of benzene rings is 1. The van der Waals surface area contributed by atoms with Crippen LogP contribution in [0.15, 0.2) is 24.3 Å². The van der Waals surface area contributed by atoms with Gasteiger partial charge in [-0.05, 0) is 17.7 Å². The molecule has 0 atom stereocenters. The molecule has 0 aliphatic carbocycles. The molecule has 1 N–H and O–H groups in total. The highest BCUT2D eigenvalue weighted by Crippen LogP contribution is 2.37. The molecule has 1 aromatic rings. The van der Waals surface area contributed by atoms with Crippen LogP contribution in [0.4, 0.5) is 0 Å². The Hall–Kier alpha value is -1.07. The Balaban J connectivity index is 2.48. The summed E-state index contributed by atoms with van der Waals surface area (Å²) in [6, 6.07) is 6.22. The summed E-state index contributed by atoms with van der Waals surface area (Å²) in [7, 11) is -3.20. The van der Waals surface area contributed by atoms with Crippen molar-refractivity contribution in [2.45, 2.75) is 4.75 Å². The fourth-order valence-electron chi connectivity index (χ4n) is 1.65. The van der Waals surface area contributed by atoms with Crippen molar-refractivity contribution < 1.29 is 18.3 Å². The van der Waals surface area contributed by atoms with E-state index in [0.717, 1.165) is 0 Å². The van der Waals surface area contributed by atoms with Crippen molar-refractivity contribution in [1.29, 1.82) is 0 Å². The van der Waals surface area contributed by atoms with Gasteiger partial charge in [-0.2, -0.15) is 0 Å². The van der Waals surface area contributed by atoms with Crippen molar-refractivity contribution in [2.75, 3.05) is 19.5 Å². The van der Waals surface area contributed by atoms with Crippen molar-refractivity contribution in [3.63, 3.8) is 0 Å². The third kappa shape index (κ3) is 1.52. The van der Waals surface area contributed by atoms with Crippen LogP contribution in [0.2, 0.25) is 0 Å². The Labute approximate surface area is 88.4 Å². The highest BCUT2D eigenvalue weighted by Gasteiger charge is 2.49. The SMILES string of the molecule is CS(=O)(=O)C1(c2ccc(O)cc2)COC1. The first-order valence-corrected chi connectivity index (χ1v) is 6.42. The summed E-state index contributed by atoms with van der Waals surface area (Å²) >= 11 is 0. The topological polar surface area (TPSA) is 63.6 Å². The average Bonchev–Trinajstić information content (AvgIpc) is 2.03. The minimum Gasteiger partial charge on any atom is -0.508 e. The molecular formula is C10H12O4S. The van der Waals surface area contributed by atoms with Gasteiger partial charge in [-0.25, -0.2) is 8.42 Å². The van der Waals surface area contributed by atoms with Gasteiger partial charge in [0.2, 0.25) is 0 Å². The monoisotopic (exact) mass is 228 g/mol. The van der Waals surface area contributed by atoms with Crippen LogP contribution < -0.4 is 0 Å². The molecule has 2 rings (SSSR count). The molecular weight excluding hydrogens is 216 g/mol. The molecule has 1 aromatic carbocycles. The van der Waals surface area contributed by atoms with E-state index in [1.165, 1.54) is 18.4 Å². The molecule has 0 saturated carbocycles. The smallest absolute Gasteiger partial charge is 0.161 e. The van der Waals surface area contributed by atoms with Gasteiger partial charge in [-0.3, -0.25) is 0 Å². The van der Waals surface area contributed by atoms with E-state index in [4.69, 9.17) is 9.84 Å². The number of ether oxygens (including phenoxy) is 1. The van der Waals surface area contributed by atoms with E-state index in [0.29, 0.717) is 5.56 Å². The minimum absolute atomic E-state index is 0.127. The summed E-state index contributed by atoms with van der Waals surface area (Å²) in [5.41, 5.74) is 0.675. The van der Waals surface area contributed by atoms with Crippen LogP contribution in [-0.4, -0.2) is 33.0 Å². The summed E-state index contributed by atoms with van der Waals surface area (Å²) in [6.45, 7) is 0.382. The van der Waals surface area contributed by atoms with Gasteiger partial charge in [0, 0.05) is 6.26 Å². The zero-order valence-corrected chi connectivity index (χ0v) is 9.12. The van der Waals surface area contributed by atoms with Crippen molar-refractivity contribution >= 4 is 9.84 Å². The van der Waals surface area contributed by atoms with Gasteiger partial charge < -0.3 is 9.84 Å². The molecule has 5 heteroatoms. The van der Waals surface area contributed by atoms with E-state index in [-0.39, 0.29) is 19.0 Å². The molecule has 4 nitrogen and oxygen atoms in total. The maximum atomic E-state index is 11.7. The predicted octanol–water partition coefficient (Wildman–Crippen LogP) is 0.662. The summed E-state index contributed by atoms with van der Waals surface area (Å²) in [5, 5.41) is 9.14. The Morgan fingerprint density at radius 3 is 2.13 bits per heavy atom. The van der Waals surface area contributed by atoms with Crippen LogP contribution in [0.1, 0.15) is 5.56 Å². The Morgan fingerprint density at radius 1 is 1.27 bits per heavy atom. The second-order valence-corrected chi connectivity index (χ2v) is 6.13. The average molecular weight is 228 g/mol. The van der Waals surface area contributed by atoms with Gasteiger partial charge in [-0.15, -0.1) is 0 Å². The molecule has 1 aliphatic rings. The molecule has 0 amide bonds. The van der Waals surface area contributed by atoms with E-state index >= 15 is 0 Å². The fraction of sp³-hybridized carbons (Fsp3) is 0.400. The van der Waals surface area contributed by atoms with E-state index in [1.54, 1.807) is 12.1 Å². The molecule has 0 bridgehead atoms. The summed E-state index contributed by atoms with van der Waals surface area (Å²) < 4.78 is 27.4. The zero-order chi connectivity index (χ0) is 11.1. The van der Waals surface area contributed by atoms with Crippen LogP contribution in [-0.2, 0) is 19.3 Å². The lowest BCUT2D eigenvalue weighted by molar-refractivity contribution is -0.0156. The van der Waals surface area contributed by atoms with E-state index in [9.17, 15) is 8.42 Å². The number of phenolic OH excluding ortho intramolecular Hbond substituents is 1. The lowest BCUT2D eigenvalue weighted by atomic mass is 9.96. The lowest BCUT2D eigenvalue weighted by Gasteiger charge is -2.39. The van der Waals surface area contributed by atoms with Crippen LogP contribution >= 0.6 is 0 Å². The predicted molar refractivity (Wildman–Crippen MR) is 55.4 cm³/mol. The summed E-state index contributed by atoms with van der Waals surface area (Å²) in [5.74, 6) is 0.127. The van der Waals surface area contributed by atoms with Gasteiger partial charge >= 0.3 is 0 Å². The zero-order valence-electron chi connectivity index (χ0n) is 8.30. The lowest BCUT2D eigenvalue weighted by Crippen LogP contribution is -2.52. The van der Waals surface area contributed by atoms with E-state index < -0.39 is 14.6 Å². The quantitative estimate of drug-likeness (QED) is 0.807. The Morgan fingerprint density at radius 2 is 1.80 bits per heavy atom. The number of aromatic hydroxyl groups is 1. The molecule has 1 heterocycles. The highest BCUT2D eigenvalue weighted by molar-refractivity contribution is 7.91. The first-order valence-electron chi connectivity index (χ1n) is 4.53. The first kappa shape index (κ1) is 10.4. The third-order valence-electron chi connectivity index (χ3n) is 2.77. The van der Waals surface area contributed by atoms with Crippen LogP contribution in [0, 0.1) is 0 Å². The molecule has 1 saturated heterocycles. The first-order chi connectivity index (χ1) is 6.96. The normalized spacial score (nSPS) is 19.5. The number of hydrogen-bond acceptors (Lipinski definition) is 4. The van der Waals surface area contributed by atoms with E-state index in [2.05, 4.69) is 0 Å². The molecule has 0 aromatic heterocycles. The van der Waals surface area contributed by atoms with Crippen molar-refractivity contribution in [1.82, 2.24) is 0 Å². The van der Waals surface area contributed by atoms with Crippen molar-refractivity contribution in [2.24, 2.45) is 0 Å². The fourth-order valence-corrected chi connectivity index (χ4v) is 2.81. The Bertz CT molecular complexity index is 457. The summed E-state index contributed by atoms with van der Waals surface area (Å²) in [4.78, 5) is 0. The van der Waals surface area contributed by atoms with Crippen LogP contribution in [0.3, 0.4) is 0 Å². The van der Waals surface area contributed by atoms with Crippen LogP contribution in [0.25, 0.3) is 0 Å². The van der Waals surface area contributed by atoms with Gasteiger partial charge in [-0.1, -0.05) is 12.1 Å². The van der Waals surface area contributed by atoms with E-state index in [1.807, 2.05) is 0 Å². The number of phenols is 1. The van der Waals surface area contributed by atoms with Gasteiger partial charge in [0.25, 0.3) is 0 Å². The van der Waals surface area contributed by atoms with Gasteiger partial charge in [0.1, 0.15) is 10.5 Å². The molecule has 1 fully saturated rings. The minimum atomic E-state index is -3.20. The maximum absolute atomic E-state index is 11.7. The number of hydrogen-bond donors (Lipinski definition) is 1. The standard InChI is InChI=1S/C10H12O4S/c1-15(12,13)10(6-14-7-10)8-2-4-9(11)5-3-8/h2-5,11H,6-7H2,1H3. The molecule has 82 valence electrons. The van der Waals surface area contributed by atoms with Crippen molar-refractivity contribution in [3.8, 4) is 5.75 Å². The molecule has 0 radical (unpaired) electrons. The van der Waals surface area contributed by atoms with Crippen molar-refractivity contribution in [3.05, 3.63) is 29.8 Å². The summed E-state index contributed by atoms with van der Waals surface area (Å²) in [6.07, 6.45) is 1.21. The van der Waals surface area contributed by atoms with Gasteiger partial charge in [0.15, 0.2) is 9.84 Å². The second-order valence-electron chi connectivity index (χ2n) is 3.81. The van der Waals surface area contributed by atoms with Crippen LogP contribution in [0.5, 0.6) is 5.75 Å². The third-order valence-corrected chi connectivity index (χ3v) is 4.66. The van der Waals surface area contributed by atoms with Gasteiger partial charge in [0.05, 0.1) is 13.2 Å². The molecule has 0 spiro atoms. The largest absolute Gasteiger partial charge is 0.508 e. The maximum Gasteiger partial charge on any atom is 0.161 e. The second kappa shape index (κ2) is 3.21. The Kier molecular flexibility index (Phi) is 2.24. The highest BCUT2D eigenvalue weighted by atomic mass is 32.2. The molecule has 15 heavy (non-hydrogen) atoms. The molecule has 0 unspecified atom stereocenters. The molecule has 1 aliphatic heterocycles. The number of sulfone groups is 1. The number of rotatable bonds is 2.